The number of rotatable bonds is 6. The molecule has 0 aromatic carbocycles. The molecule has 4 N–H and O–H groups in total. The Morgan fingerprint density at radius 1 is 1.40 bits per heavy atom. The molecule has 112 valence electrons. The van der Waals surface area contributed by atoms with Gasteiger partial charge in [-0.05, 0) is 6.42 Å². The molecule has 20 heavy (non-hydrogen) atoms. The molecule has 1 aliphatic heterocycles. The summed E-state index contributed by atoms with van der Waals surface area (Å²) in [6.45, 7) is 5.02. The molecule has 0 bridgehead atoms. The summed E-state index contributed by atoms with van der Waals surface area (Å²) >= 11 is 1.50. The molecule has 2 rings (SSSR count). The lowest BCUT2D eigenvalue weighted by Gasteiger charge is -2.27. The largest absolute Gasteiger partial charge is 0.396 e. The lowest BCUT2D eigenvalue weighted by atomic mass is 10.4. The van der Waals surface area contributed by atoms with Crippen molar-refractivity contribution < 1.29 is 9.84 Å². The van der Waals surface area contributed by atoms with Crippen molar-refractivity contribution in [2.45, 2.75) is 23.8 Å². The molecule has 1 saturated heterocycles. The Bertz CT molecular complexity index is 429. The number of hydrogen-bond acceptors (Lipinski definition) is 9. The number of aromatic nitrogens is 3. The molecule has 0 saturated carbocycles. The molecule has 1 aliphatic rings. The van der Waals surface area contributed by atoms with Crippen molar-refractivity contribution in [3.05, 3.63) is 0 Å². The summed E-state index contributed by atoms with van der Waals surface area (Å²) in [5.74, 6) is 6.37. The number of thioether (sulfide) groups is 1. The Balaban J connectivity index is 2.14. The van der Waals surface area contributed by atoms with Gasteiger partial charge in [-0.2, -0.15) is 15.0 Å². The fraction of sp³-hybridized carbons (Fsp3) is 0.727. The molecule has 1 aromatic rings. The van der Waals surface area contributed by atoms with Gasteiger partial charge in [0.2, 0.25) is 11.9 Å². The molecule has 1 unspecified atom stereocenters. The summed E-state index contributed by atoms with van der Waals surface area (Å²) in [6, 6.07) is 0. The lowest BCUT2D eigenvalue weighted by molar-refractivity contribution is 0.122. The van der Waals surface area contributed by atoms with Gasteiger partial charge in [0, 0.05) is 24.9 Å². The van der Waals surface area contributed by atoms with Gasteiger partial charge in [-0.3, -0.25) is 5.43 Å². The van der Waals surface area contributed by atoms with Crippen LogP contribution in [-0.2, 0) is 4.74 Å². The van der Waals surface area contributed by atoms with Gasteiger partial charge in [-0.25, -0.2) is 5.84 Å². The molecule has 0 radical (unpaired) electrons. The minimum Gasteiger partial charge on any atom is -0.396 e. The van der Waals surface area contributed by atoms with Crippen molar-refractivity contribution in [2.24, 2.45) is 5.84 Å². The highest BCUT2D eigenvalue weighted by atomic mass is 32.2. The van der Waals surface area contributed by atoms with Crippen molar-refractivity contribution in [1.29, 1.82) is 0 Å². The topological polar surface area (TPSA) is 109 Å². The smallest absolute Gasteiger partial charge is 0.242 e. The van der Waals surface area contributed by atoms with E-state index in [9.17, 15) is 0 Å². The van der Waals surface area contributed by atoms with E-state index < -0.39 is 0 Å². The maximum atomic E-state index is 8.95. The number of aliphatic hydroxyl groups excluding tert-OH is 1. The van der Waals surface area contributed by atoms with Crippen LogP contribution >= 0.6 is 11.8 Å². The third-order valence-electron chi connectivity index (χ3n) is 2.87. The van der Waals surface area contributed by atoms with Gasteiger partial charge in [-0.15, -0.1) is 0 Å². The van der Waals surface area contributed by atoms with E-state index in [1.807, 2.05) is 11.8 Å². The number of nitrogens with two attached hydrogens (primary N) is 1. The van der Waals surface area contributed by atoms with E-state index >= 15 is 0 Å². The Kier molecular flexibility index (Phi) is 5.77. The van der Waals surface area contributed by atoms with Crippen LogP contribution < -0.4 is 16.2 Å². The number of nitrogens with one attached hydrogen (secondary N) is 1. The maximum Gasteiger partial charge on any atom is 0.242 e. The Labute approximate surface area is 122 Å². The third kappa shape index (κ3) is 4.17. The molecule has 0 aliphatic carbocycles. The van der Waals surface area contributed by atoms with E-state index in [4.69, 9.17) is 15.7 Å². The van der Waals surface area contributed by atoms with Crippen molar-refractivity contribution in [3.63, 3.8) is 0 Å². The number of nitrogen functional groups attached to an aromatic ring is 1. The first-order valence-corrected chi connectivity index (χ1v) is 7.44. The van der Waals surface area contributed by atoms with Gasteiger partial charge in [0.25, 0.3) is 0 Å². The highest BCUT2D eigenvalue weighted by molar-refractivity contribution is 7.99. The first-order chi connectivity index (χ1) is 9.72. The fourth-order valence-corrected chi connectivity index (χ4v) is 2.65. The molecule has 2 heterocycles. The van der Waals surface area contributed by atoms with Gasteiger partial charge in [-0.1, -0.05) is 18.7 Å². The van der Waals surface area contributed by atoms with E-state index in [1.165, 1.54) is 11.8 Å². The van der Waals surface area contributed by atoms with Crippen LogP contribution in [0.25, 0.3) is 0 Å². The Morgan fingerprint density at radius 3 is 2.80 bits per heavy atom. The van der Waals surface area contributed by atoms with Gasteiger partial charge < -0.3 is 14.7 Å². The number of hydrogen-bond donors (Lipinski definition) is 3. The molecule has 1 atom stereocenters. The Hall–Kier alpha value is -1.16. The number of hydrazine groups is 1. The van der Waals surface area contributed by atoms with Crippen LogP contribution in [0.4, 0.5) is 11.9 Å². The van der Waals surface area contributed by atoms with Gasteiger partial charge >= 0.3 is 0 Å². The summed E-state index contributed by atoms with van der Waals surface area (Å²) < 4.78 is 5.32. The van der Waals surface area contributed by atoms with Crippen LogP contribution in [0.5, 0.6) is 0 Å². The van der Waals surface area contributed by atoms with Crippen molar-refractivity contribution in [3.8, 4) is 0 Å². The first kappa shape index (κ1) is 15.2. The van der Waals surface area contributed by atoms with Crippen LogP contribution in [0.3, 0.4) is 0 Å². The van der Waals surface area contributed by atoms with Crippen molar-refractivity contribution in [2.75, 3.05) is 43.2 Å². The minimum absolute atomic E-state index is 0.150. The molecular formula is C11H20N6O2S. The Morgan fingerprint density at radius 2 is 2.15 bits per heavy atom. The molecule has 9 heteroatoms. The predicted molar refractivity (Wildman–Crippen MR) is 77.7 cm³/mol. The summed E-state index contributed by atoms with van der Waals surface area (Å²) in [5.41, 5.74) is 2.47. The van der Waals surface area contributed by atoms with Crippen molar-refractivity contribution >= 4 is 23.7 Å². The summed E-state index contributed by atoms with van der Waals surface area (Å²) in [7, 11) is 0. The molecule has 0 spiro atoms. The number of nitrogens with zero attached hydrogens (tertiary/aromatic N) is 4. The maximum absolute atomic E-state index is 8.95. The summed E-state index contributed by atoms with van der Waals surface area (Å²) in [6.07, 6.45) is 0.689. The van der Waals surface area contributed by atoms with Crippen LogP contribution in [0.1, 0.15) is 13.3 Å². The molecule has 8 nitrogen and oxygen atoms in total. The quantitative estimate of drug-likeness (QED) is 0.375. The van der Waals surface area contributed by atoms with E-state index in [0.29, 0.717) is 36.7 Å². The lowest BCUT2D eigenvalue weighted by Crippen LogP contribution is -2.37. The van der Waals surface area contributed by atoms with Crippen LogP contribution in [0, 0.1) is 0 Å². The molecule has 1 aromatic heterocycles. The SMILES string of the molecule is CC(CCO)Sc1nc(NN)nc(N2CCOCC2)n1. The van der Waals surface area contributed by atoms with E-state index in [-0.39, 0.29) is 11.9 Å². The van der Waals surface area contributed by atoms with Crippen molar-refractivity contribution in [1.82, 2.24) is 15.0 Å². The number of ether oxygens (including phenoxy) is 1. The number of anilines is 2. The van der Waals surface area contributed by atoms with E-state index in [0.717, 1.165) is 13.1 Å². The van der Waals surface area contributed by atoms with Crippen LogP contribution in [0.2, 0.25) is 0 Å². The normalized spacial score (nSPS) is 17.1. The highest BCUT2D eigenvalue weighted by Crippen LogP contribution is 2.24. The average Bonchev–Trinajstić information content (AvgIpc) is 2.48. The predicted octanol–water partition coefficient (Wildman–Crippen LogP) is -0.143. The van der Waals surface area contributed by atoms with E-state index in [2.05, 4.69) is 20.4 Å². The molecule has 0 amide bonds. The zero-order valence-electron chi connectivity index (χ0n) is 11.4. The standard InChI is InChI=1S/C11H20N6O2S/c1-8(2-5-18)20-11-14-9(16-12)13-10(15-11)17-3-6-19-7-4-17/h8,18H,2-7,12H2,1H3,(H,13,14,15,16). The van der Waals surface area contributed by atoms with E-state index in [1.54, 1.807) is 0 Å². The second-order valence-corrected chi connectivity index (χ2v) is 5.83. The molecular weight excluding hydrogens is 280 g/mol. The number of aliphatic hydroxyl groups is 1. The number of morpholine rings is 1. The fourth-order valence-electron chi connectivity index (χ4n) is 1.79. The van der Waals surface area contributed by atoms with Gasteiger partial charge in [0.1, 0.15) is 0 Å². The second-order valence-electron chi connectivity index (χ2n) is 4.43. The highest BCUT2D eigenvalue weighted by Gasteiger charge is 2.17. The van der Waals surface area contributed by atoms with Gasteiger partial charge in [0.15, 0.2) is 5.16 Å². The van der Waals surface area contributed by atoms with Crippen LogP contribution in [0.15, 0.2) is 5.16 Å². The average molecular weight is 300 g/mol. The van der Waals surface area contributed by atoms with Crippen LogP contribution in [-0.4, -0.2) is 58.2 Å². The third-order valence-corrected chi connectivity index (χ3v) is 3.90. The molecule has 1 fully saturated rings. The first-order valence-electron chi connectivity index (χ1n) is 6.56. The summed E-state index contributed by atoms with van der Waals surface area (Å²) in [5, 5.41) is 9.79. The second kappa shape index (κ2) is 7.58. The zero-order chi connectivity index (χ0) is 14.4. The van der Waals surface area contributed by atoms with Gasteiger partial charge in [0.05, 0.1) is 13.2 Å². The summed E-state index contributed by atoms with van der Waals surface area (Å²) in [4.78, 5) is 15.0. The minimum atomic E-state index is 0.150. The zero-order valence-corrected chi connectivity index (χ0v) is 12.3. The monoisotopic (exact) mass is 300 g/mol.